The summed E-state index contributed by atoms with van der Waals surface area (Å²) in [6.45, 7) is 2.18. The number of aryl methyl sites for hydroxylation is 1. The Bertz CT molecular complexity index is 1170. The highest BCUT2D eigenvalue weighted by Crippen LogP contribution is 2.54. The van der Waals surface area contributed by atoms with E-state index in [0.29, 0.717) is 0 Å². The number of benzene rings is 4. The van der Waals surface area contributed by atoms with E-state index in [1.807, 2.05) is 23.9 Å². The van der Waals surface area contributed by atoms with Crippen LogP contribution in [0.4, 0.5) is 5.69 Å². The molecule has 0 amide bonds. The highest BCUT2D eigenvalue weighted by molar-refractivity contribution is 8.15. The predicted octanol–water partition coefficient (Wildman–Crippen LogP) is 6.81. The van der Waals surface area contributed by atoms with Crippen molar-refractivity contribution in [1.29, 1.82) is 0 Å². The summed E-state index contributed by atoms with van der Waals surface area (Å²) in [6, 6.07) is 40.3. The summed E-state index contributed by atoms with van der Waals surface area (Å²) in [5.74, 6) is 0. The first-order valence-electron chi connectivity index (χ1n) is 10.1. The van der Waals surface area contributed by atoms with Gasteiger partial charge < -0.3 is 0 Å². The Labute approximate surface area is 181 Å². The molecule has 0 fully saturated rings. The molecule has 1 unspecified atom stereocenters. The Morgan fingerprint density at radius 2 is 1.23 bits per heavy atom. The van der Waals surface area contributed by atoms with Crippen molar-refractivity contribution in [3.63, 3.8) is 0 Å². The van der Waals surface area contributed by atoms with Crippen molar-refractivity contribution in [3.05, 3.63) is 138 Å². The minimum Gasteiger partial charge on any atom is -0.239 e. The maximum Gasteiger partial charge on any atom is 0.165 e. The summed E-state index contributed by atoms with van der Waals surface area (Å²) in [4.78, 5) is -0.487. The van der Waals surface area contributed by atoms with Gasteiger partial charge in [0.25, 0.3) is 0 Å². The van der Waals surface area contributed by atoms with Gasteiger partial charge in [-0.25, -0.2) is 5.01 Å². The molecule has 0 saturated heterocycles. The molecule has 1 heterocycles. The zero-order valence-electron chi connectivity index (χ0n) is 16.8. The van der Waals surface area contributed by atoms with Gasteiger partial charge in [0.05, 0.1) is 5.69 Å². The Hall–Kier alpha value is -3.30. The van der Waals surface area contributed by atoms with Gasteiger partial charge in [-0.1, -0.05) is 115 Å². The van der Waals surface area contributed by atoms with Gasteiger partial charge in [0.1, 0.15) is 5.04 Å². The normalized spacial score (nSPS) is 18.3. The van der Waals surface area contributed by atoms with Crippen molar-refractivity contribution in [3.8, 4) is 0 Å². The van der Waals surface area contributed by atoms with E-state index in [9.17, 15) is 0 Å². The molecule has 1 atom stereocenters. The minimum atomic E-state index is -0.487. The van der Waals surface area contributed by atoms with E-state index in [1.165, 1.54) is 16.7 Å². The fraction of sp³-hybridized carbons (Fsp3) is 0.0741. The molecule has 0 spiro atoms. The molecule has 4 aromatic rings. The van der Waals surface area contributed by atoms with Gasteiger partial charge in [0, 0.05) is 5.56 Å². The van der Waals surface area contributed by atoms with Crippen LogP contribution in [-0.2, 0) is 4.87 Å². The molecule has 3 heteroatoms. The van der Waals surface area contributed by atoms with Gasteiger partial charge in [-0.3, -0.25) is 0 Å². The Morgan fingerprint density at radius 1 is 0.667 bits per heavy atom. The molecule has 1 aliphatic rings. The summed E-state index contributed by atoms with van der Waals surface area (Å²) in [5, 5.41) is 8.40. The monoisotopic (exact) mass is 406 g/mol. The summed E-state index contributed by atoms with van der Waals surface area (Å²) >= 11 is 1.81. The van der Waals surface area contributed by atoms with E-state index in [4.69, 9.17) is 5.10 Å². The molecular weight excluding hydrogens is 384 g/mol. The number of hydrogen-bond donors (Lipinski definition) is 0. The van der Waals surface area contributed by atoms with Gasteiger partial charge in [0.15, 0.2) is 4.87 Å². The molecule has 0 aliphatic carbocycles. The van der Waals surface area contributed by atoms with Crippen LogP contribution in [0.15, 0.2) is 120 Å². The maximum absolute atomic E-state index is 5.19. The van der Waals surface area contributed by atoms with Crippen LogP contribution in [0, 0.1) is 6.92 Å². The molecule has 0 saturated carbocycles. The lowest BCUT2D eigenvalue weighted by molar-refractivity contribution is 0.689. The van der Waals surface area contributed by atoms with Crippen LogP contribution in [0.2, 0.25) is 0 Å². The first-order chi connectivity index (χ1) is 14.8. The van der Waals surface area contributed by atoms with E-state index < -0.39 is 4.87 Å². The van der Waals surface area contributed by atoms with Gasteiger partial charge in [0.2, 0.25) is 0 Å². The molecule has 0 bridgehead atoms. The first kappa shape index (κ1) is 18.7. The number of thioether (sulfide) groups is 1. The van der Waals surface area contributed by atoms with Crippen molar-refractivity contribution >= 4 is 22.5 Å². The summed E-state index contributed by atoms with van der Waals surface area (Å²) in [7, 11) is 0. The second-order valence-corrected chi connectivity index (χ2v) is 8.53. The zero-order chi connectivity index (χ0) is 20.4. The molecule has 30 heavy (non-hydrogen) atoms. The van der Waals surface area contributed by atoms with Crippen LogP contribution in [0.3, 0.4) is 0 Å². The molecule has 2 nitrogen and oxygen atoms in total. The van der Waals surface area contributed by atoms with Crippen LogP contribution in [-0.4, -0.2) is 5.04 Å². The van der Waals surface area contributed by atoms with Gasteiger partial charge in [-0.05, 0) is 35.7 Å². The molecule has 5 rings (SSSR count). The first-order valence-corrected chi connectivity index (χ1v) is 10.9. The van der Waals surface area contributed by atoms with Crippen molar-refractivity contribution in [2.75, 3.05) is 5.01 Å². The van der Waals surface area contributed by atoms with Gasteiger partial charge in [-0.2, -0.15) is 5.10 Å². The van der Waals surface area contributed by atoms with E-state index in [2.05, 4.69) is 115 Å². The fourth-order valence-corrected chi connectivity index (χ4v) is 5.48. The van der Waals surface area contributed by atoms with Crippen LogP contribution < -0.4 is 5.01 Å². The highest BCUT2D eigenvalue weighted by atomic mass is 32.2. The number of hydrogen-bond acceptors (Lipinski definition) is 3. The van der Waals surface area contributed by atoms with E-state index >= 15 is 0 Å². The summed E-state index contributed by atoms with van der Waals surface area (Å²) in [5.41, 5.74) is 5.92. The largest absolute Gasteiger partial charge is 0.239 e. The molecule has 0 N–H and O–H groups in total. The predicted molar refractivity (Wildman–Crippen MR) is 128 cm³/mol. The van der Waals surface area contributed by atoms with Crippen LogP contribution in [0.25, 0.3) is 0 Å². The van der Waals surface area contributed by atoms with Gasteiger partial charge in [-0.15, -0.1) is 0 Å². The maximum atomic E-state index is 5.19. The summed E-state index contributed by atoms with van der Waals surface area (Å²) in [6.07, 6.45) is 0. The smallest absolute Gasteiger partial charge is 0.165 e. The standard InChI is InChI=1S/C27H22N2S/c1-21-13-11-12-20-25(21)27(23-16-7-3-8-17-23)29(24-18-9-4-10-19-24)28-26(30-27)22-14-5-2-6-15-22/h2-20H,1H3. The lowest BCUT2D eigenvalue weighted by Crippen LogP contribution is -2.39. The van der Waals surface area contributed by atoms with E-state index in [0.717, 1.165) is 16.3 Å². The number of hydrazone groups is 1. The van der Waals surface area contributed by atoms with Crippen LogP contribution in [0.1, 0.15) is 22.3 Å². The third-order valence-corrected chi connectivity index (χ3v) is 6.86. The number of para-hydroxylation sites is 1. The van der Waals surface area contributed by atoms with Crippen molar-refractivity contribution in [1.82, 2.24) is 0 Å². The number of rotatable bonds is 4. The third kappa shape index (κ3) is 3.12. The van der Waals surface area contributed by atoms with Gasteiger partial charge >= 0.3 is 0 Å². The Balaban J connectivity index is 1.79. The lowest BCUT2D eigenvalue weighted by Gasteiger charge is -2.38. The molecule has 146 valence electrons. The Morgan fingerprint density at radius 3 is 1.90 bits per heavy atom. The SMILES string of the molecule is Cc1ccccc1C1(c2ccccc2)SC(c2ccccc2)=NN1c1ccccc1. The molecular formula is C27H22N2S. The van der Waals surface area contributed by atoms with E-state index in [1.54, 1.807) is 0 Å². The number of nitrogens with zero attached hydrogens (tertiary/aromatic N) is 2. The quantitative estimate of drug-likeness (QED) is 0.370. The fourth-order valence-electron chi connectivity index (χ4n) is 3.99. The average Bonchev–Trinajstić information content (AvgIpc) is 3.23. The topological polar surface area (TPSA) is 15.6 Å². The molecule has 0 radical (unpaired) electrons. The minimum absolute atomic E-state index is 0.487. The third-order valence-electron chi connectivity index (χ3n) is 5.43. The second-order valence-electron chi connectivity index (χ2n) is 7.35. The molecule has 4 aromatic carbocycles. The highest BCUT2D eigenvalue weighted by Gasteiger charge is 2.48. The molecule has 1 aliphatic heterocycles. The van der Waals surface area contributed by atoms with Crippen molar-refractivity contribution in [2.45, 2.75) is 11.8 Å². The van der Waals surface area contributed by atoms with Crippen molar-refractivity contribution in [2.24, 2.45) is 5.10 Å². The van der Waals surface area contributed by atoms with Crippen LogP contribution >= 0.6 is 11.8 Å². The molecule has 0 aromatic heterocycles. The van der Waals surface area contributed by atoms with Crippen LogP contribution in [0.5, 0.6) is 0 Å². The summed E-state index contributed by atoms with van der Waals surface area (Å²) < 4.78 is 0. The zero-order valence-corrected chi connectivity index (χ0v) is 17.6. The lowest BCUT2D eigenvalue weighted by atomic mass is 9.93. The number of anilines is 1. The Kier molecular flexibility index (Phi) is 4.89. The average molecular weight is 407 g/mol. The second kappa shape index (κ2) is 7.85. The van der Waals surface area contributed by atoms with Crippen molar-refractivity contribution < 1.29 is 0 Å². The van der Waals surface area contributed by atoms with E-state index in [-0.39, 0.29) is 0 Å².